The second-order valence-electron chi connectivity index (χ2n) is 5.72. The third-order valence-electron chi connectivity index (χ3n) is 4.29. The molecule has 1 aromatic carbocycles. The standard InChI is InChI=1S/C16H23NO3/c1-10-7-8-12(9-11(10)2)20-16(18)13-5-4-6-14(17)15(13)19-3/h4-6,10-12H,7-9,17H2,1-3H3. The normalized spacial score (nSPS) is 26.1. The molecule has 3 unspecified atom stereocenters. The quantitative estimate of drug-likeness (QED) is 0.680. The molecule has 0 radical (unpaired) electrons. The highest BCUT2D eigenvalue weighted by Crippen LogP contribution is 2.32. The fourth-order valence-electron chi connectivity index (χ4n) is 2.76. The van der Waals surface area contributed by atoms with Gasteiger partial charge in [0.2, 0.25) is 0 Å². The van der Waals surface area contributed by atoms with Crippen molar-refractivity contribution in [1.29, 1.82) is 0 Å². The summed E-state index contributed by atoms with van der Waals surface area (Å²) in [6, 6.07) is 5.13. The van der Waals surface area contributed by atoms with Gasteiger partial charge in [0.05, 0.1) is 12.8 Å². The first-order chi connectivity index (χ1) is 9.52. The third kappa shape index (κ3) is 3.06. The molecule has 1 fully saturated rings. The van der Waals surface area contributed by atoms with Crippen LogP contribution >= 0.6 is 0 Å². The first-order valence-electron chi connectivity index (χ1n) is 7.16. The first kappa shape index (κ1) is 14.7. The number of methoxy groups -OCH3 is 1. The van der Waals surface area contributed by atoms with Crippen LogP contribution in [0.2, 0.25) is 0 Å². The Morgan fingerprint density at radius 1 is 1.25 bits per heavy atom. The Hall–Kier alpha value is -1.71. The van der Waals surface area contributed by atoms with Gasteiger partial charge in [0.15, 0.2) is 5.75 Å². The maximum absolute atomic E-state index is 12.3. The van der Waals surface area contributed by atoms with Crippen LogP contribution in [0.15, 0.2) is 18.2 Å². The zero-order chi connectivity index (χ0) is 14.7. The molecule has 20 heavy (non-hydrogen) atoms. The van der Waals surface area contributed by atoms with Crippen LogP contribution in [0.3, 0.4) is 0 Å². The summed E-state index contributed by atoms with van der Waals surface area (Å²) in [7, 11) is 1.51. The molecule has 0 aliphatic heterocycles. The van der Waals surface area contributed by atoms with E-state index in [-0.39, 0.29) is 12.1 Å². The fourth-order valence-corrected chi connectivity index (χ4v) is 2.76. The molecule has 0 amide bonds. The average molecular weight is 277 g/mol. The molecule has 0 aromatic heterocycles. The van der Waals surface area contributed by atoms with Gasteiger partial charge in [0.25, 0.3) is 0 Å². The number of hydrogen-bond donors (Lipinski definition) is 1. The SMILES string of the molecule is COc1c(N)cccc1C(=O)OC1CCC(C)C(C)C1. The van der Waals surface area contributed by atoms with E-state index in [1.54, 1.807) is 18.2 Å². The maximum atomic E-state index is 12.3. The van der Waals surface area contributed by atoms with Crippen molar-refractivity contribution in [1.82, 2.24) is 0 Å². The van der Waals surface area contributed by atoms with Gasteiger partial charge in [0, 0.05) is 0 Å². The molecule has 4 heteroatoms. The second kappa shape index (κ2) is 6.16. The lowest BCUT2D eigenvalue weighted by Gasteiger charge is -2.31. The van der Waals surface area contributed by atoms with Crippen LogP contribution < -0.4 is 10.5 Å². The highest BCUT2D eigenvalue weighted by Gasteiger charge is 2.28. The molecule has 4 nitrogen and oxygen atoms in total. The van der Waals surface area contributed by atoms with Gasteiger partial charge >= 0.3 is 5.97 Å². The minimum atomic E-state index is -0.346. The third-order valence-corrected chi connectivity index (χ3v) is 4.29. The highest BCUT2D eigenvalue weighted by atomic mass is 16.5. The van der Waals surface area contributed by atoms with Crippen LogP contribution in [0, 0.1) is 11.8 Å². The summed E-state index contributed by atoms with van der Waals surface area (Å²) in [4.78, 5) is 12.3. The molecule has 1 saturated carbocycles. The Bertz CT molecular complexity index is 487. The van der Waals surface area contributed by atoms with E-state index in [1.807, 2.05) is 0 Å². The molecule has 0 spiro atoms. The molecule has 2 rings (SSSR count). The van der Waals surface area contributed by atoms with Crippen LogP contribution in [0.5, 0.6) is 5.75 Å². The minimum Gasteiger partial charge on any atom is -0.494 e. The van der Waals surface area contributed by atoms with E-state index in [1.165, 1.54) is 7.11 Å². The van der Waals surface area contributed by atoms with Gasteiger partial charge in [-0.15, -0.1) is 0 Å². The van der Waals surface area contributed by atoms with Crippen LogP contribution in [-0.2, 0) is 4.74 Å². The van der Waals surface area contributed by atoms with Gasteiger partial charge in [-0.25, -0.2) is 4.79 Å². The number of carbonyl (C=O) groups is 1. The number of carbonyl (C=O) groups excluding carboxylic acids is 1. The van der Waals surface area contributed by atoms with Crippen molar-refractivity contribution in [3.05, 3.63) is 23.8 Å². The van der Waals surface area contributed by atoms with Crippen LogP contribution in [0.4, 0.5) is 5.69 Å². The number of anilines is 1. The van der Waals surface area contributed by atoms with Gasteiger partial charge in [-0.2, -0.15) is 0 Å². The predicted molar refractivity (Wildman–Crippen MR) is 78.8 cm³/mol. The summed E-state index contributed by atoms with van der Waals surface area (Å²) in [6.45, 7) is 4.47. The summed E-state index contributed by atoms with van der Waals surface area (Å²) in [5, 5.41) is 0. The molecule has 0 heterocycles. The number of nitrogen functional groups attached to an aromatic ring is 1. The predicted octanol–water partition coefficient (Wildman–Crippen LogP) is 3.26. The van der Waals surface area contributed by atoms with Gasteiger partial charge in [-0.05, 0) is 43.2 Å². The molecule has 2 N–H and O–H groups in total. The fraction of sp³-hybridized carbons (Fsp3) is 0.562. The molecule has 1 aliphatic rings. The van der Waals surface area contributed by atoms with Crippen LogP contribution in [-0.4, -0.2) is 19.2 Å². The monoisotopic (exact) mass is 277 g/mol. The number of esters is 1. The Labute approximate surface area is 120 Å². The highest BCUT2D eigenvalue weighted by molar-refractivity contribution is 5.94. The second-order valence-corrected chi connectivity index (χ2v) is 5.72. The lowest BCUT2D eigenvalue weighted by atomic mass is 9.80. The number of rotatable bonds is 3. The Balaban J connectivity index is 2.07. The zero-order valence-corrected chi connectivity index (χ0v) is 12.4. The van der Waals surface area contributed by atoms with Crippen molar-refractivity contribution in [3.8, 4) is 5.75 Å². The Morgan fingerprint density at radius 3 is 2.65 bits per heavy atom. The number of nitrogens with two attached hydrogens (primary N) is 1. The first-order valence-corrected chi connectivity index (χ1v) is 7.16. The van der Waals surface area contributed by atoms with Gasteiger partial charge in [-0.1, -0.05) is 19.9 Å². The van der Waals surface area contributed by atoms with Crippen LogP contribution in [0.1, 0.15) is 43.5 Å². The lowest BCUT2D eigenvalue weighted by molar-refractivity contribution is 0.00852. The van der Waals surface area contributed by atoms with Crippen molar-refractivity contribution in [3.63, 3.8) is 0 Å². The summed E-state index contributed by atoms with van der Waals surface area (Å²) < 4.78 is 10.8. The van der Waals surface area contributed by atoms with E-state index in [0.29, 0.717) is 28.8 Å². The van der Waals surface area contributed by atoms with Gasteiger partial charge in [0.1, 0.15) is 11.7 Å². The smallest absolute Gasteiger partial charge is 0.342 e. The largest absolute Gasteiger partial charge is 0.494 e. The van der Waals surface area contributed by atoms with Crippen molar-refractivity contribution >= 4 is 11.7 Å². The molecule has 3 atom stereocenters. The summed E-state index contributed by atoms with van der Waals surface area (Å²) >= 11 is 0. The molecule has 0 saturated heterocycles. The van der Waals surface area contributed by atoms with Crippen LogP contribution in [0.25, 0.3) is 0 Å². The van der Waals surface area contributed by atoms with Gasteiger partial charge < -0.3 is 15.2 Å². The van der Waals surface area contributed by atoms with Gasteiger partial charge in [-0.3, -0.25) is 0 Å². The number of para-hydroxylation sites is 1. The summed E-state index contributed by atoms with van der Waals surface area (Å²) in [5.74, 6) is 1.34. The minimum absolute atomic E-state index is 0.000151. The van der Waals surface area contributed by atoms with E-state index in [9.17, 15) is 4.79 Å². The summed E-state index contributed by atoms with van der Waals surface area (Å²) in [5.41, 5.74) is 6.66. The molecule has 0 bridgehead atoms. The van der Waals surface area contributed by atoms with Crippen molar-refractivity contribution in [2.45, 2.75) is 39.2 Å². The van der Waals surface area contributed by atoms with E-state index >= 15 is 0 Å². The van der Waals surface area contributed by atoms with Crippen molar-refractivity contribution in [2.75, 3.05) is 12.8 Å². The molecule has 1 aromatic rings. The van der Waals surface area contributed by atoms with E-state index < -0.39 is 0 Å². The number of ether oxygens (including phenoxy) is 2. The molecule has 110 valence electrons. The topological polar surface area (TPSA) is 61.5 Å². The van der Waals surface area contributed by atoms with E-state index in [4.69, 9.17) is 15.2 Å². The molecular weight excluding hydrogens is 254 g/mol. The lowest BCUT2D eigenvalue weighted by Crippen LogP contribution is -2.28. The Kier molecular flexibility index (Phi) is 4.53. The number of benzene rings is 1. The van der Waals surface area contributed by atoms with E-state index in [2.05, 4.69) is 13.8 Å². The average Bonchev–Trinajstić information content (AvgIpc) is 2.42. The maximum Gasteiger partial charge on any atom is 0.342 e. The van der Waals surface area contributed by atoms with Crippen molar-refractivity contribution < 1.29 is 14.3 Å². The van der Waals surface area contributed by atoms with Crippen molar-refractivity contribution in [2.24, 2.45) is 11.8 Å². The Morgan fingerprint density at radius 2 is 2.00 bits per heavy atom. The zero-order valence-electron chi connectivity index (χ0n) is 12.4. The number of hydrogen-bond acceptors (Lipinski definition) is 4. The summed E-state index contributed by atoms with van der Waals surface area (Å²) in [6.07, 6.45) is 2.96. The van der Waals surface area contributed by atoms with E-state index in [0.717, 1.165) is 19.3 Å². The molecule has 1 aliphatic carbocycles. The molecular formula is C16H23NO3.